The summed E-state index contributed by atoms with van der Waals surface area (Å²) in [5.41, 5.74) is 3.23. The number of amides is 2. The predicted molar refractivity (Wildman–Crippen MR) is 87.0 cm³/mol. The number of nitrogens with zero attached hydrogens (tertiary/aromatic N) is 1. The van der Waals surface area contributed by atoms with Gasteiger partial charge in [-0.15, -0.1) is 0 Å². The van der Waals surface area contributed by atoms with Gasteiger partial charge in [0.15, 0.2) is 6.54 Å². The second-order valence-electron chi connectivity index (χ2n) is 5.94. The van der Waals surface area contributed by atoms with E-state index in [0.29, 0.717) is 6.54 Å². The number of piperazine rings is 1. The topological polar surface area (TPSA) is 53.9 Å². The molecule has 1 heterocycles. The fourth-order valence-corrected chi connectivity index (χ4v) is 2.93. The number of nitrogens with one attached hydrogen (secondary N) is 2. The van der Waals surface area contributed by atoms with Crippen molar-refractivity contribution >= 4 is 17.5 Å². The van der Waals surface area contributed by atoms with E-state index < -0.39 is 0 Å². The minimum absolute atomic E-state index is 0.0512. The summed E-state index contributed by atoms with van der Waals surface area (Å²) in [6.45, 7) is 9.32. The van der Waals surface area contributed by atoms with Crippen LogP contribution >= 0.6 is 0 Å². The molecule has 1 saturated heterocycles. The molecule has 0 spiro atoms. The van der Waals surface area contributed by atoms with Gasteiger partial charge in [0.1, 0.15) is 0 Å². The first kappa shape index (κ1) is 16.5. The van der Waals surface area contributed by atoms with Gasteiger partial charge in [-0.05, 0) is 24.5 Å². The van der Waals surface area contributed by atoms with Crippen LogP contribution in [0.3, 0.4) is 0 Å². The lowest BCUT2D eigenvalue weighted by Crippen LogP contribution is -3.15. The Hall–Kier alpha value is -1.88. The van der Waals surface area contributed by atoms with Crippen LogP contribution in [0, 0.1) is 6.92 Å². The summed E-state index contributed by atoms with van der Waals surface area (Å²) in [6.07, 6.45) is 0.904. The number of hydrogen-bond donors (Lipinski definition) is 2. The number of para-hydroxylation sites is 1. The summed E-state index contributed by atoms with van der Waals surface area (Å²) < 4.78 is 0. The SMILES string of the molecule is CCc1cccc(C)c1NC(=O)C[NH+]1CCN(C(C)=O)CC1. The van der Waals surface area contributed by atoms with Crippen molar-refractivity contribution in [2.75, 3.05) is 38.0 Å². The van der Waals surface area contributed by atoms with E-state index in [9.17, 15) is 9.59 Å². The second kappa shape index (κ2) is 7.40. The van der Waals surface area contributed by atoms with Gasteiger partial charge < -0.3 is 15.1 Å². The third-order valence-electron chi connectivity index (χ3n) is 4.33. The highest BCUT2D eigenvalue weighted by Gasteiger charge is 2.23. The molecule has 1 aromatic carbocycles. The van der Waals surface area contributed by atoms with Crippen LogP contribution in [0.1, 0.15) is 25.0 Å². The quantitative estimate of drug-likeness (QED) is 0.837. The fourth-order valence-electron chi connectivity index (χ4n) is 2.93. The van der Waals surface area contributed by atoms with Crippen molar-refractivity contribution in [2.24, 2.45) is 0 Å². The minimum atomic E-state index is 0.0512. The van der Waals surface area contributed by atoms with E-state index >= 15 is 0 Å². The lowest BCUT2D eigenvalue weighted by Gasteiger charge is -2.31. The van der Waals surface area contributed by atoms with E-state index in [0.717, 1.165) is 43.9 Å². The molecule has 0 unspecified atom stereocenters. The molecule has 0 saturated carbocycles. The zero-order valence-corrected chi connectivity index (χ0v) is 13.7. The molecular weight excluding hydrogens is 278 g/mol. The van der Waals surface area contributed by atoms with Crippen LogP contribution in [0.2, 0.25) is 0 Å². The number of benzene rings is 1. The van der Waals surface area contributed by atoms with E-state index in [1.165, 1.54) is 10.5 Å². The van der Waals surface area contributed by atoms with Crippen LogP contribution < -0.4 is 10.2 Å². The highest BCUT2D eigenvalue weighted by atomic mass is 16.2. The molecule has 120 valence electrons. The Morgan fingerprint density at radius 1 is 1.27 bits per heavy atom. The maximum atomic E-state index is 12.3. The Balaban J connectivity index is 1.90. The van der Waals surface area contributed by atoms with Gasteiger partial charge in [0.05, 0.1) is 26.2 Å². The van der Waals surface area contributed by atoms with E-state index in [-0.39, 0.29) is 11.8 Å². The molecule has 2 N–H and O–H groups in total. The molecule has 2 rings (SSSR count). The minimum Gasteiger partial charge on any atom is -0.332 e. The highest BCUT2D eigenvalue weighted by Crippen LogP contribution is 2.20. The maximum Gasteiger partial charge on any atom is 0.279 e. The van der Waals surface area contributed by atoms with Gasteiger partial charge in [-0.1, -0.05) is 25.1 Å². The van der Waals surface area contributed by atoms with Crippen LogP contribution in [0.25, 0.3) is 0 Å². The van der Waals surface area contributed by atoms with E-state index in [2.05, 4.69) is 18.3 Å². The number of carbonyl (C=O) groups excluding carboxylic acids is 2. The molecule has 0 aliphatic carbocycles. The number of rotatable bonds is 4. The molecule has 2 amide bonds. The molecule has 0 aromatic heterocycles. The summed E-state index contributed by atoms with van der Waals surface area (Å²) in [5.74, 6) is 0.172. The lowest BCUT2D eigenvalue weighted by atomic mass is 10.1. The molecular formula is C17H26N3O2+. The van der Waals surface area contributed by atoms with Gasteiger partial charge >= 0.3 is 0 Å². The standard InChI is InChI=1S/C17H25N3O2/c1-4-15-7-5-6-13(2)17(15)18-16(22)12-19-8-10-20(11-9-19)14(3)21/h5-7H,4,8-12H2,1-3H3,(H,18,22)/p+1. The summed E-state index contributed by atoms with van der Waals surface area (Å²) in [7, 11) is 0. The molecule has 5 heteroatoms. The monoisotopic (exact) mass is 304 g/mol. The van der Waals surface area contributed by atoms with Crippen molar-refractivity contribution in [3.05, 3.63) is 29.3 Å². The van der Waals surface area contributed by atoms with Crippen LogP contribution in [0.15, 0.2) is 18.2 Å². The smallest absolute Gasteiger partial charge is 0.279 e. The fraction of sp³-hybridized carbons (Fsp3) is 0.529. The normalized spacial score (nSPS) is 15.7. The van der Waals surface area contributed by atoms with E-state index in [1.807, 2.05) is 24.0 Å². The first-order chi connectivity index (χ1) is 10.5. The Morgan fingerprint density at radius 2 is 1.95 bits per heavy atom. The van der Waals surface area contributed by atoms with Gasteiger partial charge in [0.25, 0.3) is 5.91 Å². The molecule has 5 nitrogen and oxygen atoms in total. The van der Waals surface area contributed by atoms with Crippen molar-refractivity contribution in [3.63, 3.8) is 0 Å². The maximum absolute atomic E-state index is 12.3. The molecule has 0 bridgehead atoms. The highest BCUT2D eigenvalue weighted by molar-refractivity contribution is 5.93. The zero-order valence-electron chi connectivity index (χ0n) is 13.7. The summed E-state index contributed by atoms with van der Waals surface area (Å²) in [5, 5.41) is 3.07. The number of carbonyl (C=O) groups is 2. The molecule has 0 atom stereocenters. The number of hydrogen-bond acceptors (Lipinski definition) is 2. The van der Waals surface area contributed by atoms with Crippen LogP contribution in [-0.2, 0) is 16.0 Å². The number of anilines is 1. The zero-order chi connectivity index (χ0) is 16.1. The molecule has 1 aliphatic rings. The van der Waals surface area contributed by atoms with Crippen molar-refractivity contribution in [1.29, 1.82) is 0 Å². The van der Waals surface area contributed by atoms with Gasteiger partial charge in [0, 0.05) is 12.6 Å². The summed E-state index contributed by atoms with van der Waals surface area (Å²) >= 11 is 0. The van der Waals surface area contributed by atoms with Crippen molar-refractivity contribution < 1.29 is 14.5 Å². The Kier molecular flexibility index (Phi) is 5.55. The van der Waals surface area contributed by atoms with Crippen LogP contribution in [-0.4, -0.2) is 49.4 Å². The van der Waals surface area contributed by atoms with Crippen molar-refractivity contribution in [1.82, 2.24) is 4.90 Å². The Morgan fingerprint density at radius 3 is 2.55 bits per heavy atom. The van der Waals surface area contributed by atoms with Gasteiger partial charge in [-0.25, -0.2) is 0 Å². The van der Waals surface area contributed by atoms with Gasteiger partial charge in [-0.3, -0.25) is 9.59 Å². The Labute approximate surface area is 132 Å². The molecule has 22 heavy (non-hydrogen) atoms. The molecule has 1 fully saturated rings. The molecule has 0 radical (unpaired) electrons. The first-order valence-electron chi connectivity index (χ1n) is 7.98. The molecule has 1 aliphatic heterocycles. The van der Waals surface area contributed by atoms with Crippen LogP contribution in [0.5, 0.6) is 0 Å². The summed E-state index contributed by atoms with van der Waals surface area (Å²) in [6, 6.07) is 6.10. The average molecular weight is 304 g/mol. The van der Waals surface area contributed by atoms with E-state index in [4.69, 9.17) is 0 Å². The summed E-state index contributed by atoms with van der Waals surface area (Å²) in [4.78, 5) is 26.7. The van der Waals surface area contributed by atoms with Gasteiger partial charge in [0.2, 0.25) is 5.91 Å². The second-order valence-corrected chi connectivity index (χ2v) is 5.94. The number of aryl methyl sites for hydroxylation is 2. The van der Waals surface area contributed by atoms with E-state index in [1.54, 1.807) is 6.92 Å². The van der Waals surface area contributed by atoms with Gasteiger partial charge in [-0.2, -0.15) is 0 Å². The first-order valence-corrected chi connectivity index (χ1v) is 7.98. The van der Waals surface area contributed by atoms with Crippen molar-refractivity contribution in [2.45, 2.75) is 27.2 Å². The average Bonchev–Trinajstić information content (AvgIpc) is 2.49. The lowest BCUT2D eigenvalue weighted by molar-refractivity contribution is -0.895. The molecule has 1 aromatic rings. The largest absolute Gasteiger partial charge is 0.332 e. The third-order valence-corrected chi connectivity index (χ3v) is 4.33. The van der Waals surface area contributed by atoms with Crippen molar-refractivity contribution in [3.8, 4) is 0 Å². The van der Waals surface area contributed by atoms with Crippen LogP contribution in [0.4, 0.5) is 5.69 Å². The Bertz CT molecular complexity index is 549. The predicted octanol–water partition coefficient (Wildman–Crippen LogP) is 0.243. The third kappa shape index (κ3) is 4.07. The number of quaternary nitrogens is 1.